The highest BCUT2D eigenvalue weighted by atomic mass is 19.4. The van der Waals surface area contributed by atoms with E-state index in [-0.39, 0.29) is 12.6 Å². The van der Waals surface area contributed by atoms with Crippen molar-refractivity contribution in [2.45, 2.75) is 44.0 Å². The van der Waals surface area contributed by atoms with Gasteiger partial charge in [0.25, 0.3) is 0 Å². The molecule has 0 aromatic rings. The van der Waals surface area contributed by atoms with Gasteiger partial charge in [0.15, 0.2) is 0 Å². The molecule has 0 spiro atoms. The Hall–Kier alpha value is -1.28. The Morgan fingerprint density at radius 3 is 2.71 bits per heavy atom. The van der Waals surface area contributed by atoms with Gasteiger partial charge in [0.2, 0.25) is 0 Å². The van der Waals surface area contributed by atoms with Crippen LogP contribution >= 0.6 is 0 Å². The van der Waals surface area contributed by atoms with Gasteiger partial charge in [0, 0.05) is 12.6 Å². The van der Waals surface area contributed by atoms with Crippen LogP contribution in [0, 0.1) is 0 Å². The third-order valence-electron chi connectivity index (χ3n) is 3.16. The molecule has 0 aromatic heterocycles. The van der Waals surface area contributed by atoms with Crippen molar-refractivity contribution in [1.29, 1.82) is 0 Å². The second kappa shape index (κ2) is 8.23. The summed E-state index contributed by atoms with van der Waals surface area (Å²) in [7, 11) is 0. The molecule has 1 aliphatic carbocycles. The van der Waals surface area contributed by atoms with Gasteiger partial charge in [0.1, 0.15) is 0 Å². The Balaban J connectivity index is 2.58. The molecular weight excluding hydrogens is 289 g/mol. The lowest BCUT2D eigenvalue weighted by Gasteiger charge is -2.28. The quantitative estimate of drug-likeness (QED) is 0.650. The lowest BCUT2D eigenvalue weighted by molar-refractivity contribution is -0.137. The van der Waals surface area contributed by atoms with Crippen LogP contribution in [0.2, 0.25) is 0 Å². The summed E-state index contributed by atoms with van der Waals surface area (Å²) < 4.78 is 36.8. The molecule has 1 aliphatic rings. The molecule has 8 heteroatoms. The lowest BCUT2D eigenvalue weighted by Crippen LogP contribution is -2.48. The van der Waals surface area contributed by atoms with E-state index in [1.807, 2.05) is 12.2 Å². The Morgan fingerprint density at radius 2 is 2.19 bits per heavy atom. The van der Waals surface area contributed by atoms with Crippen LogP contribution in [0.1, 0.15) is 25.7 Å². The maximum Gasteiger partial charge on any atom is 0.390 e. The molecule has 3 N–H and O–H groups in total. The van der Waals surface area contributed by atoms with E-state index in [9.17, 15) is 23.1 Å². The van der Waals surface area contributed by atoms with Crippen molar-refractivity contribution in [2.24, 2.45) is 0 Å². The fourth-order valence-corrected chi connectivity index (χ4v) is 2.03. The number of alkyl halides is 3. The molecule has 2 amide bonds. The lowest BCUT2D eigenvalue weighted by atomic mass is 10.0. The number of amides is 2. The van der Waals surface area contributed by atoms with Gasteiger partial charge in [-0.15, -0.1) is 0 Å². The van der Waals surface area contributed by atoms with Crippen LogP contribution < -0.4 is 5.32 Å². The first-order valence-electron chi connectivity index (χ1n) is 6.89. The summed E-state index contributed by atoms with van der Waals surface area (Å²) in [4.78, 5) is 12.9. The van der Waals surface area contributed by atoms with E-state index in [4.69, 9.17) is 5.11 Å². The van der Waals surface area contributed by atoms with Crippen molar-refractivity contribution in [3.05, 3.63) is 12.2 Å². The van der Waals surface area contributed by atoms with E-state index < -0.39 is 37.9 Å². The van der Waals surface area contributed by atoms with E-state index in [1.54, 1.807) is 0 Å². The number of urea groups is 1. The maximum absolute atomic E-state index is 12.3. The summed E-state index contributed by atoms with van der Waals surface area (Å²) in [5, 5.41) is 20.7. The zero-order valence-electron chi connectivity index (χ0n) is 11.6. The van der Waals surface area contributed by atoms with Gasteiger partial charge in [-0.1, -0.05) is 12.2 Å². The fourth-order valence-electron chi connectivity index (χ4n) is 2.03. The molecule has 2 atom stereocenters. The smallest absolute Gasteiger partial charge is 0.390 e. The van der Waals surface area contributed by atoms with Crippen LogP contribution in [-0.4, -0.2) is 59.2 Å². The summed E-state index contributed by atoms with van der Waals surface area (Å²) in [6.07, 6.45) is -0.505. The highest BCUT2D eigenvalue weighted by Gasteiger charge is 2.30. The van der Waals surface area contributed by atoms with Crippen molar-refractivity contribution >= 4 is 6.03 Å². The molecule has 0 fully saturated rings. The Kier molecular flexibility index (Phi) is 6.97. The number of carbonyl (C=O) groups is 1. The Bertz CT molecular complexity index is 361. The van der Waals surface area contributed by atoms with Crippen molar-refractivity contribution in [1.82, 2.24) is 10.2 Å². The molecule has 1 rings (SSSR count). The first kappa shape index (κ1) is 17.8. The third kappa shape index (κ3) is 7.33. The zero-order chi connectivity index (χ0) is 15.9. The molecule has 122 valence electrons. The van der Waals surface area contributed by atoms with Gasteiger partial charge in [0.05, 0.1) is 25.7 Å². The number of rotatable bonds is 6. The predicted octanol–water partition coefficient (Wildman–Crippen LogP) is 1.41. The number of hydrogen-bond donors (Lipinski definition) is 3. The van der Waals surface area contributed by atoms with E-state index >= 15 is 0 Å². The van der Waals surface area contributed by atoms with Crippen molar-refractivity contribution < 1.29 is 28.2 Å². The number of hydrogen-bond acceptors (Lipinski definition) is 3. The maximum atomic E-state index is 12.3. The summed E-state index contributed by atoms with van der Waals surface area (Å²) >= 11 is 0. The van der Waals surface area contributed by atoms with Crippen molar-refractivity contribution in [3.8, 4) is 0 Å². The van der Waals surface area contributed by atoms with Gasteiger partial charge < -0.3 is 20.4 Å². The van der Waals surface area contributed by atoms with Crippen LogP contribution in [0.25, 0.3) is 0 Å². The average Bonchev–Trinajstić information content (AvgIpc) is 2.43. The van der Waals surface area contributed by atoms with Crippen LogP contribution in [-0.2, 0) is 0 Å². The molecule has 0 radical (unpaired) electrons. The van der Waals surface area contributed by atoms with Gasteiger partial charge in [-0.05, 0) is 19.3 Å². The van der Waals surface area contributed by atoms with E-state index in [0.29, 0.717) is 0 Å². The molecule has 0 saturated carbocycles. The number of nitrogens with zero attached hydrogens (tertiary/aromatic N) is 1. The van der Waals surface area contributed by atoms with E-state index in [2.05, 4.69) is 5.32 Å². The fraction of sp³-hybridized carbons (Fsp3) is 0.769. The first-order valence-corrected chi connectivity index (χ1v) is 6.89. The summed E-state index contributed by atoms with van der Waals surface area (Å²) in [5.41, 5.74) is 0. The highest BCUT2D eigenvalue weighted by Crippen LogP contribution is 2.20. The van der Waals surface area contributed by atoms with Gasteiger partial charge in [-0.2, -0.15) is 13.2 Å². The molecule has 1 unspecified atom stereocenters. The minimum Gasteiger partial charge on any atom is -0.394 e. The Morgan fingerprint density at radius 1 is 1.48 bits per heavy atom. The molecule has 0 bridgehead atoms. The molecular formula is C13H21F3N2O3. The Labute approximate surface area is 121 Å². The molecule has 21 heavy (non-hydrogen) atoms. The summed E-state index contributed by atoms with van der Waals surface area (Å²) in [5.74, 6) is 0. The highest BCUT2D eigenvalue weighted by molar-refractivity contribution is 5.74. The predicted molar refractivity (Wildman–Crippen MR) is 70.6 cm³/mol. The van der Waals surface area contributed by atoms with Crippen molar-refractivity contribution in [3.63, 3.8) is 0 Å². The molecule has 0 aromatic carbocycles. The minimum atomic E-state index is -4.38. The summed E-state index contributed by atoms with van der Waals surface area (Å²) in [6, 6.07) is -0.866. The molecule has 0 heterocycles. The topological polar surface area (TPSA) is 72.8 Å². The van der Waals surface area contributed by atoms with Crippen LogP contribution in [0.4, 0.5) is 18.0 Å². The number of carbonyl (C=O) groups excluding carboxylic acids is 1. The summed E-state index contributed by atoms with van der Waals surface area (Å²) in [6.45, 7) is -1.50. The average molecular weight is 310 g/mol. The van der Waals surface area contributed by atoms with Gasteiger partial charge in [-0.25, -0.2) is 4.79 Å². The number of aliphatic hydroxyl groups is 2. The molecule has 0 saturated heterocycles. The van der Waals surface area contributed by atoms with Crippen molar-refractivity contribution in [2.75, 3.05) is 19.7 Å². The number of aliphatic hydroxyl groups excluding tert-OH is 2. The number of halogens is 3. The second-order valence-electron chi connectivity index (χ2n) is 5.06. The normalized spacial score (nSPS) is 20.1. The standard InChI is InChI=1S/C13H21F3N2O3/c14-13(15,16)6-7-18(8-11(20)9-19)12(21)17-10-4-2-1-3-5-10/h2,4,10-11,19-20H,1,3,5-9H2,(H,17,21)/t10?,11-/m0/s1. The van der Waals surface area contributed by atoms with Gasteiger partial charge >= 0.3 is 12.2 Å². The monoisotopic (exact) mass is 310 g/mol. The first-order chi connectivity index (χ1) is 9.81. The third-order valence-corrected chi connectivity index (χ3v) is 3.16. The van der Waals surface area contributed by atoms with Crippen LogP contribution in [0.3, 0.4) is 0 Å². The molecule has 0 aliphatic heterocycles. The van der Waals surface area contributed by atoms with E-state index in [1.165, 1.54) is 0 Å². The SMILES string of the molecule is O=C(NC1C=CCCC1)N(CCC(F)(F)F)C[C@H](O)CO. The minimum absolute atomic E-state index is 0.203. The van der Waals surface area contributed by atoms with Gasteiger partial charge in [-0.3, -0.25) is 0 Å². The van der Waals surface area contributed by atoms with Crippen LogP contribution in [0.15, 0.2) is 12.2 Å². The number of nitrogens with one attached hydrogen (secondary N) is 1. The largest absolute Gasteiger partial charge is 0.394 e. The number of allylic oxidation sites excluding steroid dienone is 1. The molecule has 5 nitrogen and oxygen atoms in total. The van der Waals surface area contributed by atoms with E-state index in [0.717, 1.165) is 24.2 Å². The second-order valence-corrected chi connectivity index (χ2v) is 5.06. The zero-order valence-corrected chi connectivity index (χ0v) is 11.6. The van der Waals surface area contributed by atoms with Crippen LogP contribution in [0.5, 0.6) is 0 Å².